The highest BCUT2D eigenvalue weighted by molar-refractivity contribution is 7.99. The second-order valence-corrected chi connectivity index (χ2v) is 9.26. The third kappa shape index (κ3) is 3.61. The predicted molar refractivity (Wildman–Crippen MR) is 120 cm³/mol. The molecular formula is C22H21N5OS2. The van der Waals surface area contributed by atoms with Gasteiger partial charge in [0, 0.05) is 12.2 Å². The van der Waals surface area contributed by atoms with Crippen LogP contribution in [0.25, 0.3) is 15.9 Å². The number of carbonyl (C=O) groups is 1. The van der Waals surface area contributed by atoms with Gasteiger partial charge in [-0.25, -0.2) is 4.98 Å². The van der Waals surface area contributed by atoms with Crippen molar-refractivity contribution in [2.45, 2.75) is 31.0 Å². The van der Waals surface area contributed by atoms with E-state index in [2.05, 4.69) is 16.3 Å². The van der Waals surface area contributed by atoms with Crippen LogP contribution in [0.3, 0.4) is 0 Å². The van der Waals surface area contributed by atoms with E-state index in [4.69, 9.17) is 4.98 Å². The average molecular weight is 436 g/mol. The lowest BCUT2D eigenvalue weighted by molar-refractivity contribution is -0.129. The molecule has 1 atom stereocenters. The van der Waals surface area contributed by atoms with Crippen LogP contribution in [0, 0.1) is 6.92 Å². The minimum atomic E-state index is 0.0734. The van der Waals surface area contributed by atoms with Gasteiger partial charge in [-0.15, -0.1) is 21.5 Å². The number of likely N-dealkylation sites (tertiary alicyclic amines) is 1. The second-order valence-electron chi connectivity index (χ2n) is 7.25. The first-order valence-corrected chi connectivity index (χ1v) is 11.8. The van der Waals surface area contributed by atoms with Gasteiger partial charge in [-0.1, -0.05) is 42.1 Å². The molecule has 1 fully saturated rings. The molecule has 1 saturated heterocycles. The first-order valence-electron chi connectivity index (χ1n) is 9.96. The first-order chi connectivity index (χ1) is 14.7. The van der Waals surface area contributed by atoms with Crippen LogP contribution in [0.5, 0.6) is 0 Å². The standard InChI is InChI=1S/C22H21N5OS2/c1-15-24-25-22(27(15)16-8-3-2-4-9-16)29-14-20(28)26-13-7-11-18(26)21-23-17-10-5-6-12-19(17)30-21/h2-6,8-10,12,18H,7,11,13-14H2,1H3/t18-/m0/s1. The zero-order valence-electron chi connectivity index (χ0n) is 16.6. The van der Waals surface area contributed by atoms with Gasteiger partial charge in [0.25, 0.3) is 0 Å². The molecule has 30 heavy (non-hydrogen) atoms. The number of hydrogen-bond donors (Lipinski definition) is 0. The Morgan fingerprint density at radius 3 is 2.77 bits per heavy atom. The van der Waals surface area contributed by atoms with E-state index in [1.165, 1.54) is 16.5 Å². The van der Waals surface area contributed by atoms with Gasteiger partial charge < -0.3 is 4.90 Å². The monoisotopic (exact) mass is 435 g/mol. The van der Waals surface area contributed by atoms with Crippen LogP contribution in [0.15, 0.2) is 59.8 Å². The van der Waals surface area contributed by atoms with Crippen molar-refractivity contribution in [2.24, 2.45) is 0 Å². The molecule has 2 aromatic heterocycles. The van der Waals surface area contributed by atoms with Crippen LogP contribution in [-0.2, 0) is 4.79 Å². The molecule has 0 bridgehead atoms. The lowest BCUT2D eigenvalue weighted by atomic mass is 10.2. The van der Waals surface area contributed by atoms with Crippen LogP contribution in [0.2, 0.25) is 0 Å². The number of benzene rings is 2. The molecule has 0 spiro atoms. The Hall–Kier alpha value is -2.71. The number of fused-ring (bicyclic) bond motifs is 1. The molecule has 1 aliphatic rings. The fourth-order valence-electron chi connectivity index (χ4n) is 3.87. The summed E-state index contributed by atoms with van der Waals surface area (Å²) in [4.78, 5) is 19.9. The van der Waals surface area contributed by atoms with Crippen molar-refractivity contribution in [1.29, 1.82) is 0 Å². The van der Waals surface area contributed by atoms with Gasteiger partial charge in [-0.2, -0.15) is 0 Å². The van der Waals surface area contributed by atoms with Crippen molar-refractivity contribution >= 4 is 39.2 Å². The molecule has 1 aliphatic heterocycles. The fourth-order valence-corrected chi connectivity index (χ4v) is 5.87. The minimum Gasteiger partial charge on any atom is -0.332 e. The van der Waals surface area contributed by atoms with Crippen LogP contribution in [0.1, 0.15) is 29.7 Å². The van der Waals surface area contributed by atoms with E-state index in [9.17, 15) is 4.79 Å². The zero-order valence-corrected chi connectivity index (χ0v) is 18.2. The van der Waals surface area contributed by atoms with Crippen molar-refractivity contribution in [1.82, 2.24) is 24.6 Å². The Balaban J connectivity index is 1.32. The molecule has 0 N–H and O–H groups in total. The summed E-state index contributed by atoms with van der Waals surface area (Å²) in [7, 11) is 0. The molecular weight excluding hydrogens is 414 g/mol. The number of carbonyl (C=O) groups excluding carboxylic acids is 1. The smallest absolute Gasteiger partial charge is 0.233 e. The maximum absolute atomic E-state index is 13.1. The van der Waals surface area contributed by atoms with E-state index in [1.54, 1.807) is 11.3 Å². The molecule has 4 aromatic rings. The molecule has 5 rings (SSSR count). The molecule has 0 unspecified atom stereocenters. The quantitative estimate of drug-likeness (QED) is 0.427. The number of thiazole rings is 1. The molecule has 0 radical (unpaired) electrons. The van der Waals surface area contributed by atoms with Crippen molar-refractivity contribution in [3.05, 3.63) is 65.4 Å². The van der Waals surface area contributed by atoms with Gasteiger partial charge in [-0.3, -0.25) is 9.36 Å². The molecule has 3 heterocycles. The molecule has 8 heteroatoms. The average Bonchev–Trinajstić information content (AvgIpc) is 3.50. The van der Waals surface area contributed by atoms with Crippen LogP contribution >= 0.6 is 23.1 Å². The zero-order chi connectivity index (χ0) is 20.5. The number of amides is 1. The van der Waals surface area contributed by atoms with Crippen molar-refractivity contribution in [3.8, 4) is 5.69 Å². The van der Waals surface area contributed by atoms with Crippen molar-refractivity contribution < 1.29 is 4.79 Å². The number of nitrogens with zero attached hydrogens (tertiary/aromatic N) is 5. The van der Waals surface area contributed by atoms with Crippen molar-refractivity contribution in [2.75, 3.05) is 12.3 Å². The lowest BCUT2D eigenvalue weighted by Crippen LogP contribution is -2.32. The molecule has 1 amide bonds. The highest BCUT2D eigenvalue weighted by Gasteiger charge is 2.32. The first kappa shape index (κ1) is 19.3. The topological polar surface area (TPSA) is 63.9 Å². The number of hydrogen-bond acceptors (Lipinski definition) is 6. The lowest BCUT2D eigenvalue weighted by Gasteiger charge is -2.22. The van der Waals surface area contributed by atoms with Gasteiger partial charge in [0.2, 0.25) is 5.91 Å². The van der Waals surface area contributed by atoms with Gasteiger partial charge >= 0.3 is 0 Å². The Bertz CT molecular complexity index is 1150. The minimum absolute atomic E-state index is 0.0734. The molecule has 0 saturated carbocycles. The summed E-state index contributed by atoms with van der Waals surface area (Å²) in [5.41, 5.74) is 2.01. The van der Waals surface area contributed by atoms with E-state index in [0.717, 1.165) is 46.6 Å². The van der Waals surface area contributed by atoms with Gasteiger partial charge in [-0.05, 0) is 44.0 Å². The third-order valence-electron chi connectivity index (χ3n) is 5.30. The van der Waals surface area contributed by atoms with E-state index in [0.29, 0.717) is 5.75 Å². The summed E-state index contributed by atoms with van der Waals surface area (Å²) in [6.45, 7) is 2.71. The summed E-state index contributed by atoms with van der Waals surface area (Å²) >= 11 is 3.14. The summed E-state index contributed by atoms with van der Waals surface area (Å²) < 4.78 is 3.17. The fraction of sp³-hybridized carbons (Fsp3) is 0.273. The Labute approximate surface area is 183 Å². The SMILES string of the molecule is Cc1nnc(SCC(=O)N2CCC[C@H]2c2nc3ccccc3s2)n1-c1ccccc1. The Kier molecular flexibility index (Phi) is 5.26. The van der Waals surface area contributed by atoms with Gasteiger partial charge in [0.15, 0.2) is 5.16 Å². The van der Waals surface area contributed by atoms with Gasteiger partial charge in [0.05, 0.1) is 22.0 Å². The van der Waals surface area contributed by atoms with Gasteiger partial charge in [0.1, 0.15) is 10.8 Å². The Morgan fingerprint density at radius 2 is 1.93 bits per heavy atom. The number of rotatable bonds is 5. The molecule has 6 nitrogen and oxygen atoms in total. The maximum atomic E-state index is 13.1. The van der Waals surface area contributed by atoms with E-state index >= 15 is 0 Å². The number of thioether (sulfide) groups is 1. The van der Waals surface area contributed by atoms with E-state index in [1.807, 2.05) is 64.9 Å². The van der Waals surface area contributed by atoms with E-state index < -0.39 is 0 Å². The summed E-state index contributed by atoms with van der Waals surface area (Å²) in [5, 5.41) is 10.3. The Morgan fingerprint density at radius 1 is 1.13 bits per heavy atom. The normalized spacial score (nSPS) is 16.4. The molecule has 2 aromatic carbocycles. The number of aromatic nitrogens is 4. The number of para-hydroxylation sites is 2. The van der Waals surface area contributed by atoms with E-state index in [-0.39, 0.29) is 11.9 Å². The maximum Gasteiger partial charge on any atom is 0.233 e. The van der Waals surface area contributed by atoms with Crippen LogP contribution < -0.4 is 0 Å². The second kappa shape index (κ2) is 8.20. The third-order valence-corrected chi connectivity index (χ3v) is 7.35. The predicted octanol–water partition coefficient (Wildman–Crippen LogP) is 4.64. The highest BCUT2D eigenvalue weighted by atomic mass is 32.2. The summed E-state index contributed by atoms with van der Waals surface area (Å²) in [6, 6.07) is 18.2. The number of aryl methyl sites for hydroxylation is 1. The van der Waals surface area contributed by atoms with Crippen LogP contribution in [0.4, 0.5) is 0 Å². The summed E-state index contributed by atoms with van der Waals surface area (Å²) in [5.74, 6) is 1.28. The largest absolute Gasteiger partial charge is 0.332 e. The highest BCUT2D eigenvalue weighted by Crippen LogP contribution is 2.37. The van der Waals surface area contributed by atoms with Crippen molar-refractivity contribution in [3.63, 3.8) is 0 Å². The molecule has 152 valence electrons. The molecule has 0 aliphatic carbocycles. The summed E-state index contributed by atoms with van der Waals surface area (Å²) in [6.07, 6.45) is 1.98. The van der Waals surface area contributed by atoms with Crippen LogP contribution in [-0.4, -0.2) is 42.9 Å².